The number of rotatable bonds is 30. The Balaban J connectivity index is 0.000000210. The molecule has 0 spiro atoms. The molecule has 3 aliphatic rings. The summed E-state index contributed by atoms with van der Waals surface area (Å²) in [5.74, 6) is 4.55. The summed E-state index contributed by atoms with van der Waals surface area (Å²) < 4.78 is 75.0. The summed E-state index contributed by atoms with van der Waals surface area (Å²) in [5.41, 5.74) is 9.07. The lowest BCUT2D eigenvalue weighted by atomic mass is 9.69. The van der Waals surface area contributed by atoms with E-state index in [1.54, 1.807) is 67.8 Å². The lowest BCUT2D eigenvalue weighted by molar-refractivity contribution is -0.142. The summed E-state index contributed by atoms with van der Waals surface area (Å²) in [5, 5.41) is 26.6. The van der Waals surface area contributed by atoms with Gasteiger partial charge in [0.1, 0.15) is 50.4 Å². The third-order valence-electron chi connectivity index (χ3n) is 23.6. The number of carbonyl (C=O) groups excluding carboxylic acids is 1. The summed E-state index contributed by atoms with van der Waals surface area (Å²) in [6, 6.07) is 91.2. The van der Waals surface area contributed by atoms with Gasteiger partial charge >= 0.3 is 5.97 Å². The molecule has 3 fully saturated rings. The van der Waals surface area contributed by atoms with Gasteiger partial charge in [0.15, 0.2) is 27.3 Å². The van der Waals surface area contributed by atoms with Gasteiger partial charge in [-0.3, -0.25) is 0 Å². The Kier molecular flexibility index (Phi) is 49.0. The predicted molar refractivity (Wildman–Crippen MR) is 541 cm³/mol. The van der Waals surface area contributed by atoms with E-state index in [-0.39, 0.29) is 51.9 Å². The molecule has 0 heterocycles. The Hall–Kier alpha value is -10.2. The van der Waals surface area contributed by atoms with Crippen LogP contribution >= 0.6 is 0 Å². The highest BCUT2D eigenvalue weighted by Crippen LogP contribution is 2.42. The number of ether oxygens (including phenoxy) is 7. The minimum Gasteiger partial charge on any atom is -0.744 e. The largest absolute Gasteiger partial charge is 0.744 e. The van der Waals surface area contributed by atoms with Crippen LogP contribution in [0.4, 0.5) is 0 Å². The molecule has 0 radical (unpaired) electrons. The van der Waals surface area contributed by atoms with Crippen molar-refractivity contribution in [3.63, 3.8) is 0 Å². The zero-order valence-corrected chi connectivity index (χ0v) is 83.1. The molecular formula is C116H152O14S2. The van der Waals surface area contributed by atoms with E-state index >= 15 is 0 Å². The van der Waals surface area contributed by atoms with Crippen molar-refractivity contribution in [2.75, 3.05) is 7.11 Å². The molecule has 0 aromatic heterocycles. The molecule has 3 unspecified atom stereocenters. The molecule has 11 aromatic rings. The molecule has 0 saturated heterocycles. The number of hydrogen-bond donors (Lipinski definition) is 3. The van der Waals surface area contributed by atoms with Crippen LogP contribution in [0.2, 0.25) is 0 Å². The van der Waals surface area contributed by atoms with Crippen molar-refractivity contribution in [3.05, 3.63) is 330 Å². The Labute approximate surface area is 795 Å². The average Bonchev–Trinajstić information content (AvgIpc) is 0.816. The van der Waals surface area contributed by atoms with Gasteiger partial charge in [0.2, 0.25) is 6.29 Å². The van der Waals surface area contributed by atoms with E-state index in [9.17, 15) is 17.8 Å². The van der Waals surface area contributed by atoms with Crippen LogP contribution in [0.15, 0.2) is 305 Å². The number of aryl methyl sites for hydroxylation is 7. The fourth-order valence-corrected chi connectivity index (χ4v) is 18.3. The minimum absolute atomic E-state index is 0.0146. The number of hydrogen-bond acceptors (Lipinski definition) is 14. The molecule has 0 bridgehead atoms. The van der Waals surface area contributed by atoms with E-state index in [2.05, 4.69) is 254 Å². The van der Waals surface area contributed by atoms with Crippen LogP contribution in [0.25, 0.3) is 0 Å². The average molecular weight is 1830 g/mol. The highest BCUT2D eigenvalue weighted by molar-refractivity contribution is 7.97. The van der Waals surface area contributed by atoms with Crippen LogP contribution in [-0.4, -0.2) is 72.4 Å². The summed E-state index contributed by atoms with van der Waals surface area (Å²) in [6.45, 7) is 30.7. The number of carbonyl (C=O) groups is 1. The fourth-order valence-electron chi connectivity index (χ4n) is 15.6. The third kappa shape index (κ3) is 42.0. The van der Waals surface area contributed by atoms with E-state index in [4.69, 9.17) is 48.5 Å². The molecule has 3 N–H and O–H groups in total. The minimum atomic E-state index is -4.73. The summed E-state index contributed by atoms with van der Waals surface area (Å²) >= 11 is 0. The zero-order chi connectivity index (χ0) is 95.5. The number of benzene rings is 11. The molecule has 132 heavy (non-hydrogen) atoms. The van der Waals surface area contributed by atoms with Gasteiger partial charge in [0.05, 0.1) is 33.6 Å². The number of methoxy groups -OCH3 is 1. The van der Waals surface area contributed by atoms with Crippen molar-refractivity contribution in [3.8, 4) is 40.2 Å². The summed E-state index contributed by atoms with van der Waals surface area (Å²) in [6.07, 6.45) is 29.8. The number of esters is 1. The molecule has 0 amide bonds. The molecule has 14 rings (SSSR count). The van der Waals surface area contributed by atoms with Crippen LogP contribution in [-0.2, 0) is 80.2 Å². The Morgan fingerprint density at radius 3 is 0.970 bits per heavy atom. The van der Waals surface area contributed by atoms with Crippen LogP contribution in [0.5, 0.6) is 40.2 Å². The maximum Gasteiger partial charge on any atom is 0.344 e. The van der Waals surface area contributed by atoms with E-state index in [0.717, 1.165) is 99.0 Å². The van der Waals surface area contributed by atoms with Crippen LogP contribution in [0.3, 0.4) is 0 Å². The van der Waals surface area contributed by atoms with E-state index in [0.29, 0.717) is 35.4 Å². The monoisotopic (exact) mass is 1830 g/mol. The topological polar surface area (TPSA) is 200 Å². The fraction of sp³-hybridized carbons (Fsp3) is 0.422. The zero-order valence-electron chi connectivity index (χ0n) is 81.5. The van der Waals surface area contributed by atoms with E-state index < -0.39 is 21.0 Å². The predicted octanol–water partition coefficient (Wildman–Crippen LogP) is 29.7. The molecule has 3 atom stereocenters. The first-order chi connectivity index (χ1) is 63.5. The van der Waals surface area contributed by atoms with Gasteiger partial charge in [-0.2, -0.15) is 0 Å². The quantitative estimate of drug-likeness (QED) is 0.0126. The van der Waals surface area contributed by atoms with Gasteiger partial charge in [0, 0.05) is 26.4 Å². The van der Waals surface area contributed by atoms with Crippen molar-refractivity contribution < 1.29 is 66.2 Å². The van der Waals surface area contributed by atoms with E-state index in [1.807, 2.05) is 43.3 Å². The Morgan fingerprint density at radius 1 is 0.371 bits per heavy atom. The van der Waals surface area contributed by atoms with Crippen molar-refractivity contribution in [1.29, 1.82) is 0 Å². The first-order valence-electron chi connectivity index (χ1n) is 48.2. The second-order valence-electron chi connectivity index (χ2n) is 36.2. The molecule has 14 nitrogen and oxygen atoms in total. The van der Waals surface area contributed by atoms with Crippen molar-refractivity contribution in [2.45, 2.75) is 308 Å². The van der Waals surface area contributed by atoms with Gasteiger partial charge in [-0.15, -0.1) is 0 Å². The van der Waals surface area contributed by atoms with Gasteiger partial charge in [-0.1, -0.05) is 306 Å². The number of phenolic OH excluding ortho intramolecular Hbond substituents is 3. The van der Waals surface area contributed by atoms with Gasteiger partial charge in [-0.05, 0) is 279 Å². The summed E-state index contributed by atoms with van der Waals surface area (Å²) in [7, 11) is -2.99. The molecule has 11 aromatic carbocycles. The molecule has 3 saturated carbocycles. The van der Waals surface area contributed by atoms with Gasteiger partial charge in [0.25, 0.3) is 0 Å². The first kappa shape index (κ1) is 109. The van der Waals surface area contributed by atoms with Gasteiger partial charge < -0.3 is 53.0 Å². The van der Waals surface area contributed by atoms with Crippen molar-refractivity contribution >= 4 is 27.0 Å². The SMILES string of the molecule is CCc1ccc(O)cc1.CCc1ccc(O)cc1.CCc1ccc(O)cc1.CCc1ccc(OC(=O)c2ccccc2S(=O)(=O)[O-])cc1.CCc1ccc(OC(CC(C)(C)C)OC2CCCCC2)cc1.CCc1ccc(OC(CC(C)(C)C2CCCCC2)OC)cc1.CCc1ccc(OC(CC(C)C)OC2CCCCC2)cc1.c1ccc([S+](c2ccccc2)c2ccccc2)cc1. The molecule has 3 aliphatic carbocycles. The maximum absolute atomic E-state index is 12.0. The third-order valence-corrected chi connectivity index (χ3v) is 26.7. The molecule has 0 aliphatic heterocycles. The maximum atomic E-state index is 12.0. The normalized spacial score (nSPS) is 14.1. The standard InChI is InChI=1S/2C20H32O2.C19H30O2.C18H15S.C15H14O5S.3C8H10O/c1-5-16-11-13-18(14-12-16)22-19(21-4)15-20(2,3)17-9-7-6-8-10-17;1-5-16-11-13-18(14-12-16)22-19(15-20(2,3)4)21-17-9-7-6-8-10-17;1-4-16-10-12-18(13-11-16)21-19(14-15(2)3)20-17-8-6-5-7-9-17;1-4-10-16(11-5-1)19(17-12-6-2-7-13-17)18-14-8-3-9-15-18;1-2-11-7-9-12(10-8-11)20-15(16)13-5-3-4-6-14(13)21(17,18)19;3*1-2-7-3-5-8(9)6-4-7/h2*11-14,17,19H,5-10,15H2,1-4H3;10-13,15,17,19H,4-9,14H2,1-3H3;1-15H;3-10H,2H2,1H3,(H,17,18,19);3*3-6,9H,2H2,1H3/q;;;+1;;;;/p-1. The van der Waals surface area contributed by atoms with Crippen LogP contribution in [0.1, 0.15) is 262 Å². The molecule has 712 valence electrons. The number of phenols is 3. The highest BCUT2D eigenvalue weighted by Gasteiger charge is 2.35. The Morgan fingerprint density at radius 2 is 0.659 bits per heavy atom. The second kappa shape index (κ2) is 59.5. The lowest BCUT2D eigenvalue weighted by Gasteiger charge is -2.38. The van der Waals surface area contributed by atoms with E-state index in [1.165, 1.54) is 163 Å². The molecule has 16 heteroatoms. The first-order valence-corrected chi connectivity index (χ1v) is 50.9. The summed E-state index contributed by atoms with van der Waals surface area (Å²) in [4.78, 5) is 15.5. The lowest BCUT2D eigenvalue weighted by Crippen LogP contribution is -2.33. The number of aromatic hydroxyl groups is 3. The molecular weight excluding hydrogens is 1680 g/mol. The second-order valence-corrected chi connectivity index (χ2v) is 39.6. The van der Waals surface area contributed by atoms with Crippen LogP contribution < -0.4 is 18.9 Å². The van der Waals surface area contributed by atoms with Crippen LogP contribution in [0, 0.1) is 22.7 Å². The highest BCUT2D eigenvalue weighted by atomic mass is 32.2. The Bertz CT molecular complexity index is 4790. The van der Waals surface area contributed by atoms with Gasteiger partial charge in [-0.25, -0.2) is 13.2 Å². The van der Waals surface area contributed by atoms with Crippen molar-refractivity contribution in [2.24, 2.45) is 22.7 Å². The smallest absolute Gasteiger partial charge is 0.344 e. The van der Waals surface area contributed by atoms with Crippen molar-refractivity contribution in [1.82, 2.24) is 0 Å².